The molecule has 86 valence electrons. The topological polar surface area (TPSA) is 68.8 Å². The number of hydrogen-bond donors (Lipinski definition) is 1. The Bertz CT molecular complexity index is 459. The van der Waals surface area contributed by atoms with Crippen molar-refractivity contribution in [1.29, 1.82) is 0 Å². The van der Waals surface area contributed by atoms with Gasteiger partial charge in [0.1, 0.15) is 0 Å². The Hall–Kier alpha value is -1.85. The third-order valence-electron chi connectivity index (χ3n) is 2.16. The number of aryl methyl sites for hydroxylation is 1. The monoisotopic (exact) mass is 221 g/mol. The maximum absolute atomic E-state index is 4.94. The van der Waals surface area contributed by atoms with Gasteiger partial charge in [0.15, 0.2) is 5.82 Å². The highest BCUT2D eigenvalue weighted by Gasteiger charge is 2.04. The number of anilines is 1. The van der Waals surface area contributed by atoms with Gasteiger partial charge in [0, 0.05) is 24.3 Å². The second-order valence-electron chi connectivity index (χ2n) is 3.92. The first-order chi connectivity index (χ1) is 7.65. The first kappa shape index (κ1) is 10.7. The van der Waals surface area contributed by atoms with Crippen molar-refractivity contribution in [2.24, 2.45) is 0 Å². The Balaban J connectivity index is 1.94. The molecule has 0 bridgehead atoms. The van der Waals surface area contributed by atoms with E-state index in [0.717, 1.165) is 5.56 Å². The van der Waals surface area contributed by atoms with E-state index in [2.05, 4.69) is 34.4 Å². The summed E-state index contributed by atoms with van der Waals surface area (Å²) in [6.07, 6.45) is 3.83. The molecule has 2 aromatic rings. The van der Waals surface area contributed by atoms with E-state index >= 15 is 0 Å². The number of aromatic nitrogens is 4. The van der Waals surface area contributed by atoms with Crippen molar-refractivity contribution in [2.75, 3.05) is 5.32 Å². The average molecular weight is 221 g/mol. The van der Waals surface area contributed by atoms with Crippen LogP contribution in [0, 0.1) is 6.92 Å². The van der Waals surface area contributed by atoms with Crippen molar-refractivity contribution >= 4 is 6.01 Å². The average Bonchev–Trinajstić information content (AvgIpc) is 2.83. The molecule has 0 aliphatic rings. The Kier molecular flexibility index (Phi) is 2.89. The molecule has 2 heterocycles. The van der Waals surface area contributed by atoms with E-state index in [1.165, 1.54) is 0 Å². The van der Waals surface area contributed by atoms with E-state index in [-0.39, 0.29) is 0 Å². The van der Waals surface area contributed by atoms with Crippen LogP contribution < -0.4 is 5.32 Å². The molecule has 16 heavy (non-hydrogen) atoms. The van der Waals surface area contributed by atoms with Crippen LogP contribution in [0.25, 0.3) is 0 Å². The van der Waals surface area contributed by atoms with E-state index in [9.17, 15) is 0 Å². The molecule has 0 amide bonds. The largest absolute Gasteiger partial charge is 0.334 e. The van der Waals surface area contributed by atoms with E-state index in [1.54, 1.807) is 6.92 Å². The smallest absolute Gasteiger partial charge is 0.321 e. The quantitative estimate of drug-likeness (QED) is 0.852. The highest BCUT2D eigenvalue weighted by Crippen LogP contribution is 2.08. The zero-order valence-electron chi connectivity index (χ0n) is 9.64. The summed E-state index contributed by atoms with van der Waals surface area (Å²) in [7, 11) is 0. The molecule has 0 fully saturated rings. The lowest BCUT2D eigenvalue weighted by Gasteiger charge is -2.03. The molecule has 0 atom stereocenters. The van der Waals surface area contributed by atoms with E-state index in [4.69, 9.17) is 4.52 Å². The summed E-state index contributed by atoms with van der Waals surface area (Å²) in [5.74, 6) is 0.625. The molecule has 2 rings (SSSR count). The maximum Gasteiger partial charge on any atom is 0.321 e. The van der Waals surface area contributed by atoms with Gasteiger partial charge in [-0.25, -0.2) is 0 Å². The van der Waals surface area contributed by atoms with Gasteiger partial charge in [0.25, 0.3) is 0 Å². The third-order valence-corrected chi connectivity index (χ3v) is 2.16. The molecule has 2 aromatic heterocycles. The molecule has 6 nitrogen and oxygen atoms in total. The standard InChI is InChI=1S/C10H15N5O/c1-7(2)15-6-9(5-12-15)4-11-10-13-8(3)14-16-10/h5-7H,4H2,1-3H3,(H,11,13,14). The van der Waals surface area contributed by atoms with Crippen molar-refractivity contribution in [3.8, 4) is 0 Å². The molecule has 6 heteroatoms. The number of nitrogens with one attached hydrogen (secondary N) is 1. The van der Waals surface area contributed by atoms with Crippen LogP contribution >= 0.6 is 0 Å². The van der Waals surface area contributed by atoms with E-state index in [1.807, 2.05) is 17.1 Å². The minimum Gasteiger partial charge on any atom is -0.334 e. The molecular weight excluding hydrogens is 206 g/mol. The van der Waals surface area contributed by atoms with Gasteiger partial charge in [-0.3, -0.25) is 4.68 Å². The molecule has 0 saturated carbocycles. The number of nitrogens with zero attached hydrogens (tertiary/aromatic N) is 4. The Morgan fingerprint density at radius 1 is 1.50 bits per heavy atom. The lowest BCUT2D eigenvalue weighted by Crippen LogP contribution is -2.01. The Labute approximate surface area is 93.7 Å². The van der Waals surface area contributed by atoms with Crippen LogP contribution in [-0.4, -0.2) is 19.9 Å². The Morgan fingerprint density at radius 2 is 2.31 bits per heavy atom. The predicted molar refractivity (Wildman–Crippen MR) is 59.0 cm³/mol. The SMILES string of the molecule is Cc1noc(NCc2cnn(C(C)C)c2)n1. The number of rotatable bonds is 4. The molecule has 0 radical (unpaired) electrons. The normalized spacial score (nSPS) is 11.0. The molecule has 0 aliphatic heterocycles. The van der Waals surface area contributed by atoms with Gasteiger partial charge in [-0.05, 0) is 20.8 Å². The summed E-state index contributed by atoms with van der Waals surface area (Å²) in [6, 6.07) is 0.814. The molecule has 0 saturated heterocycles. The zero-order valence-corrected chi connectivity index (χ0v) is 9.64. The fraction of sp³-hybridized carbons (Fsp3) is 0.500. The first-order valence-corrected chi connectivity index (χ1v) is 5.22. The Morgan fingerprint density at radius 3 is 2.88 bits per heavy atom. The van der Waals surface area contributed by atoms with Gasteiger partial charge in [-0.1, -0.05) is 5.16 Å². The fourth-order valence-corrected chi connectivity index (χ4v) is 1.30. The zero-order chi connectivity index (χ0) is 11.5. The van der Waals surface area contributed by atoms with Crippen LogP contribution in [0.2, 0.25) is 0 Å². The molecule has 0 spiro atoms. The van der Waals surface area contributed by atoms with Crippen molar-refractivity contribution in [3.63, 3.8) is 0 Å². The summed E-state index contributed by atoms with van der Waals surface area (Å²) in [4.78, 5) is 4.05. The van der Waals surface area contributed by atoms with Crippen LogP contribution in [0.15, 0.2) is 16.9 Å². The lowest BCUT2D eigenvalue weighted by atomic mass is 10.3. The second kappa shape index (κ2) is 4.34. The van der Waals surface area contributed by atoms with E-state index in [0.29, 0.717) is 24.4 Å². The molecular formula is C10H15N5O. The van der Waals surface area contributed by atoms with Crippen molar-refractivity contribution in [2.45, 2.75) is 33.4 Å². The summed E-state index contributed by atoms with van der Waals surface area (Å²) < 4.78 is 6.85. The fourth-order valence-electron chi connectivity index (χ4n) is 1.30. The third kappa shape index (κ3) is 2.39. The van der Waals surface area contributed by atoms with Gasteiger partial charge >= 0.3 is 6.01 Å². The van der Waals surface area contributed by atoms with Gasteiger partial charge in [0.05, 0.1) is 6.20 Å². The minimum atomic E-state index is 0.374. The van der Waals surface area contributed by atoms with Crippen LogP contribution in [0.5, 0.6) is 0 Å². The van der Waals surface area contributed by atoms with Gasteiger partial charge in [-0.2, -0.15) is 10.1 Å². The number of hydrogen-bond acceptors (Lipinski definition) is 5. The molecule has 0 aromatic carbocycles. The predicted octanol–water partition coefficient (Wildman–Crippen LogP) is 1.77. The summed E-state index contributed by atoms with van der Waals surface area (Å²) in [5, 5.41) is 11.0. The maximum atomic E-state index is 4.94. The minimum absolute atomic E-state index is 0.374. The van der Waals surface area contributed by atoms with Crippen LogP contribution in [0.3, 0.4) is 0 Å². The first-order valence-electron chi connectivity index (χ1n) is 5.22. The molecule has 0 unspecified atom stereocenters. The van der Waals surface area contributed by atoms with Gasteiger partial charge < -0.3 is 9.84 Å². The van der Waals surface area contributed by atoms with Crippen LogP contribution in [0.4, 0.5) is 6.01 Å². The second-order valence-corrected chi connectivity index (χ2v) is 3.92. The lowest BCUT2D eigenvalue weighted by molar-refractivity contribution is 0.425. The molecule has 0 aliphatic carbocycles. The summed E-state index contributed by atoms with van der Waals surface area (Å²) >= 11 is 0. The highest BCUT2D eigenvalue weighted by molar-refractivity contribution is 5.21. The van der Waals surface area contributed by atoms with Crippen LogP contribution in [-0.2, 0) is 6.54 Å². The van der Waals surface area contributed by atoms with E-state index < -0.39 is 0 Å². The van der Waals surface area contributed by atoms with Crippen molar-refractivity contribution < 1.29 is 4.52 Å². The van der Waals surface area contributed by atoms with Crippen molar-refractivity contribution in [1.82, 2.24) is 19.9 Å². The molecule has 1 N–H and O–H groups in total. The summed E-state index contributed by atoms with van der Waals surface area (Å²) in [5.41, 5.74) is 1.09. The van der Waals surface area contributed by atoms with Crippen LogP contribution in [0.1, 0.15) is 31.3 Å². The van der Waals surface area contributed by atoms with Crippen molar-refractivity contribution in [3.05, 3.63) is 23.8 Å². The van der Waals surface area contributed by atoms with Gasteiger partial charge in [0.2, 0.25) is 0 Å². The van der Waals surface area contributed by atoms with Gasteiger partial charge in [-0.15, -0.1) is 0 Å². The summed E-state index contributed by atoms with van der Waals surface area (Å²) in [6.45, 7) is 6.59. The highest BCUT2D eigenvalue weighted by atomic mass is 16.5.